The van der Waals surface area contributed by atoms with Crippen molar-refractivity contribution < 1.29 is 0 Å². The zero-order valence-electron chi connectivity index (χ0n) is 23.9. The van der Waals surface area contributed by atoms with Crippen LogP contribution in [0.5, 0.6) is 0 Å². The summed E-state index contributed by atoms with van der Waals surface area (Å²) in [5.41, 5.74) is 8.91. The Labute approximate surface area is 226 Å². The van der Waals surface area contributed by atoms with Gasteiger partial charge in [0.05, 0.1) is 11.0 Å². The van der Waals surface area contributed by atoms with Gasteiger partial charge in [-0.25, -0.2) is 9.97 Å². The first-order chi connectivity index (χ1) is 17.8. The highest BCUT2D eigenvalue weighted by Crippen LogP contribution is 2.75. The molecule has 0 N–H and O–H groups in total. The second kappa shape index (κ2) is 7.16. The van der Waals surface area contributed by atoms with Gasteiger partial charge < -0.3 is 9.80 Å². The zero-order valence-corrected chi connectivity index (χ0v) is 23.9. The van der Waals surface area contributed by atoms with Crippen molar-refractivity contribution in [3.05, 3.63) is 83.4 Å². The van der Waals surface area contributed by atoms with Crippen LogP contribution in [-0.2, 0) is 16.2 Å². The van der Waals surface area contributed by atoms with E-state index in [1.165, 1.54) is 28.1 Å². The molecule has 0 amide bonds. The van der Waals surface area contributed by atoms with Crippen LogP contribution >= 0.6 is 0 Å². The second-order valence-corrected chi connectivity index (χ2v) is 14.2. The molecule has 4 nitrogen and oxygen atoms in total. The van der Waals surface area contributed by atoms with Crippen LogP contribution in [0.25, 0.3) is 11.0 Å². The Hall–Kier alpha value is -3.40. The summed E-state index contributed by atoms with van der Waals surface area (Å²) < 4.78 is 0. The molecule has 0 radical (unpaired) electrons. The Morgan fingerprint density at radius 1 is 0.711 bits per heavy atom. The Kier molecular flexibility index (Phi) is 4.47. The molecule has 194 valence electrons. The first kappa shape index (κ1) is 23.7. The third-order valence-corrected chi connectivity index (χ3v) is 9.63. The lowest BCUT2D eigenvalue weighted by atomic mass is 9.77. The molecule has 2 aliphatic heterocycles. The predicted octanol–water partition coefficient (Wildman–Crippen LogP) is 8.52. The molecule has 1 fully saturated rings. The molecule has 1 aromatic heterocycles. The van der Waals surface area contributed by atoms with E-state index in [1.54, 1.807) is 0 Å². The molecular formula is C34H38N4. The third kappa shape index (κ3) is 3.03. The van der Waals surface area contributed by atoms with Gasteiger partial charge in [0.2, 0.25) is 0 Å². The highest BCUT2D eigenvalue weighted by Gasteiger charge is 2.73. The standard InChI is InChI=1S/C34H38N4/c1-31(2,3)21-13-16-23(17-14-21)37-28-29(36-26-12-10-9-11-25(26)35-28)38-27-18-15-22(32(4,5)6)19-24(27)33(7)20-34(33,8)30(37)38/h9-19,30H,20H2,1-8H3. The summed E-state index contributed by atoms with van der Waals surface area (Å²) in [5.74, 6) is 1.92. The molecule has 3 aliphatic rings. The molecule has 0 spiro atoms. The molecule has 3 atom stereocenters. The molecule has 1 aliphatic carbocycles. The van der Waals surface area contributed by atoms with Gasteiger partial charge in [0.25, 0.3) is 0 Å². The van der Waals surface area contributed by atoms with Crippen LogP contribution in [0.1, 0.15) is 78.5 Å². The van der Waals surface area contributed by atoms with Crippen molar-refractivity contribution >= 4 is 34.0 Å². The number of fused-ring (bicyclic) bond motifs is 9. The lowest BCUT2D eigenvalue weighted by Crippen LogP contribution is -2.50. The van der Waals surface area contributed by atoms with Crippen LogP contribution in [0.4, 0.5) is 23.0 Å². The zero-order chi connectivity index (χ0) is 26.8. The van der Waals surface area contributed by atoms with Gasteiger partial charge in [0.1, 0.15) is 6.17 Å². The smallest absolute Gasteiger partial charge is 0.179 e. The Bertz CT molecular complexity index is 1610. The number of hydrogen-bond acceptors (Lipinski definition) is 4. The van der Waals surface area contributed by atoms with Crippen molar-refractivity contribution in [1.29, 1.82) is 0 Å². The first-order valence-corrected chi connectivity index (χ1v) is 13.9. The van der Waals surface area contributed by atoms with E-state index in [1.807, 2.05) is 0 Å². The fourth-order valence-electron chi connectivity index (χ4n) is 6.98. The fourth-order valence-corrected chi connectivity index (χ4v) is 6.98. The molecule has 4 heteroatoms. The molecular weight excluding hydrogens is 464 g/mol. The van der Waals surface area contributed by atoms with Crippen LogP contribution in [-0.4, -0.2) is 16.1 Å². The summed E-state index contributed by atoms with van der Waals surface area (Å²) >= 11 is 0. The molecule has 3 aromatic carbocycles. The molecule has 3 heterocycles. The number of nitrogens with zero attached hydrogens (tertiary/aromatic N) is 4. The van der Waals surface area contributed by atoms with Crippen LogP contribution in [0.3, 0.4) is 0 Å². The van der Waals surface area contributed by atoms with Crippen molar-refractivity contribution in [3.8, 4) is 0 Å². The average Bonchev–Trinajstić information content (AvgIpc) is 3.30. The van der Waals surface area contributed by atoms with Crippen LogP contribution in [0, 0.1) is 5.41 Å². The highest BCUT2D eigenvalue weighted by atomic mass is 15.5. The number of hydrogen-bond donors (Lipinski definition) is 0. The molecule has 3 unspecified atom stereocenters. The number of aromatic nitrogens is 2. The van der Waals surface area contributed by atoms with E-state index in [4.69, 9.17) is 9.97 Å². The van der Waals surface area contributed by atoms with E-state index in [-0.39, 0.29) is 27.8 Å². The average molecular weight is 503 g/mol. The third-order valence-electron chi connectivity index (χ3n) is 9.63. The van der Waals surface area contributed by atoms with Gasteiger partial charge in [-0.3, -0.25) is 0 Å². The number of benzene rings is 3. The minimum Gasteiger partial charge on any atom is -0.301 e. The quantitative estimate of drug-likeness (QED) is 0.261. The number of para-hydroxylation sites is 2. The SMILES string of the molecule is CC(C)(C)c1ccc(N2c3nc4ccccc4nc3N3c4ccc(C(C)(C)C)cc4C4(C)CC4(C)C23)cc1. The maximum absolute atomic E-state index is 5.27. The van der Waals surface area contributed by atoms with E-state index >= 15 is 0 Å². The van der Waals surface area contributed by atoms with E-state index in [0.717, 1.165) is 29.1 Å². The van der Waals surface area contributed by atoms with Gasteiger partial charge in [-0.05, 0) is 64.3 Å². The van der Waals surface area contributed by atoms with Crippen molar-refractivity contribution in [3.63, 3.8) is 0 Å². The van der Waals surface area contributed by atoms with E-state index in [2.05, 4.69) is 132 Å². The van der Waals surface area contributed by atoms with Gasteiger partial charge in [-0.2, -0.15) is 0 Å². The topological polar surface area (TPSA) is 32.3 Å². The molecule has 1 saturated carbocycles. The van der Waals surface area contributed by atoms with Gasteiger partial charge in [-0.1, -0.05) is 91.8 Å². The Morgan fingerprint density at radius 2 is 1.26 bits per heavy atom. The summed E-state index contributed by atoms with van der Waals surface area (Å²) in [6.07, 6.45) is 1.26. The van der Waals surface area contributed by atoms with E-state index < -0.39 is 0 Å². The summed E-state index contributed by atoms with van der Waals surface area (Å²) in [6, 6.07) is 24.5. The molecule has 0 bridgehead atoms. The van der Waals surface area contributed by atoms with Crippen LogP contribution < -0.4 is 9.80 Å². The van der Waals surface area contributed by atoms with Crippen LogP contribution in [0.15, 0.2) is 66.7 Å². The van der Waals surface area contributed by atoms with Gasteiger partial charge >= 0.3 is 0 Å². The van der Waals surface area contributed by atoms with Crippen molar-refractivity contribution in [2.45, 2.75) is 84.2 Å². The lowest BCUT2D eigenvalue weighted by Gasteiger charge is -2.44. The second-order valence-electron chi connectivity index (χ2n) is 14.2. The van der Waals surface area contributed by atoms with Gasteiger partial charge in [0, 0.05) is 22.2 Å². The van der Waals surface area contributed by atoms with Crippen molar-refractivity contribution in [1.82, 2.24) is 9.97 Å². The molecule has 4 aromatic rings. The van der Waals surface area contributed by atoms with Crippen LogP contribution in [0.2, 0.25) is 0 Å². The Balaban J connectivity index is 1.49. The summed E-state index contributed by atoms with van der Waals surface area (Å²) in [4.78, 5) is 15.5. The number of anilines is 4. The Morgan fingerprint density at radius 3 is 1.84 bits per heavy atom. The van der Waals surface area contributed by atoms with Crippen molar-refractivity contribution in [2.24, 2.45) is 5.41 Å². The molecule has 7 rings (SSSR count). The predicted molar refractivity (Wildman–Crippen MR) is 158 cm³/mol. The molecule has 38 heavy (non-hydrogen) atoms. The van der Waals surface area contributed by atoms with Gasteiger partial charge in [0.15, 0.2) is 11.6 Å². The number of rotatable bonds is 1. The first-order valence-electron chi connectivity index (χ1n) is 13.9. The minimum absolute atomic E-state index is 0.0633. The summed E-state index contributed by atoms with van der Waals surface area (Å²) in [6.45, 7) is 18.7. The molecule has 0 saturated heterocycles. The lowest BCUT2D eigenvalue weighted by molar-refractivity contribution is 0.370. The summed E-state index contributed by atoms with van der Waals surface area (Å²) in [5, 5.41) is 0. The fraction of sp³-hybridized carbons (Fsp3) is 0.412. The van der Waals surface area contributed by atoms with E-state index in [9.17, 15) is 0 Å². The van der Waals surface area contributed by atoms with Gasteiger partial charge in [-0.15, -0.1) is 0 Å². The normalized spacial score (nSPS) is 25.6. The minimum atomic E-state index is 0.0633. The highest BCUT2D eigenvalue weighted by molar-refractivity contribution is 5.92. The van der Waals surface area contributed by atoms with E-state index in [0.29, 0.717) is 0 Å². The summed E-state index contributed by atoms with van der Waals surface area (Å²) in [7, 11) is 0. The monoisotopic (exact) mass is 502 g/mol. The largest absolute Gasteiger partial charge is 0.301 e. The maximum atomic E-state index is 5.27. The van der Waals surface area contributed by atoms with Crippen molar-refractivity contribution in [2.75, 3.05) is 9.80 Å². The maximum Gasteiger partial charge on any atom is 0.179 e.